The molecule has 3 heterocycles. The van der Waals surface area contributed by atoms with E-state index in [-0.39, 0.29) is 30.0 Å². The number of halogens is 1. The molecular formula is C21H33IN4O2S. The number of furan rings is 1. The second kappa shape index (κ2) is 11.9. The van der Waals surface area contributed by atoms with E-state index >= 15 is 0 Å². The average Bonchev–Trinajstić information content (AvgIpc) is 3.41. The van der Waals surface area contributed by atoms with Crippen LogP contribution in [0.25, 0.3) is 0 Å². The minimum atomic E-state index is -0.977. The van der Waals surface area contributed by atoms with Crippen molar-refractivity contribution in [1.29, 1.82) is 0 Å². The Bertz CT molecular complexity index is 713. The number of piperidine rings is 1. The normalized spacial score (nSPS) is 18.5. The molecule has 0 aliphatic carbocycles. The van der Waals surface area contributed by atoms with Crippen molar-refractivity contribution in [3.05, 3.63) is 46.5 Å². The molecule has 3 rings (SSSR count). The van der Waals surface area contributed by atoms with Crippen molar-refractivity contribution in [2.45, 2.75) is 44.8 Å². The summed E-state index contributed by atoms with van der Waals surface area (Å²) in [4.78, 5) is 7.13. The predicted molar refractivity (Wildman–Crippen MR) is 130 cm³/mol. The fourth-order valence-electron chi connectivity index (χ4n) is 3.55. The Labute approximate surface area is 194 Å². The topological polar surface area (TPSA) is 73.0 Å². The van der Waals surface area contributed by atoms with Crippen molar-refractivity contribution < 1.29 is 9.52 Å². The first-order chi connectivity index (χ1) is 13.6. The minimum Gasteiger partial charge on any atom is -0.468 e. The number of hydrogen-bond donors (Lipinski definition) is 3. The summed E-state index contributed by atoms with van der Waals surface area (Å²) in [6.45, 7) is 7.81. The maximum absolute atomic E-state index is 10.7. The second-order valence-corrected chi connectivity index (χ2v) is 8.27. The van der Waals surface area contributed by atoms with Gasteiger partial charge in [-0.2, -0.15) is 11.3 Å². The number of aliphatic hydroxyl groups is 1. The smallest absolute Gasteiger partial charge is 0.191 e. The van der Waals surface area contributed by atoms with E-state index in [2.05, 4.69) is 20.5 Å². The fraction of sp³-hybridized carbons (Fsp3) is 0.571. The molecule has 6 nitrogen and oxygen atoms in total. The van der Waals surface area contributed by atoms with E-state index < -0.39 is 5.60 Å². The summed E-state index contributed by atoms with van der Waals surface area (Å²) in [5.41, 5.74) is -0.0748. The van der Waals surface area contributed by atoms with Gasteiger partial charge in [0.1, 0.15) is 11.4 Å². The van der Waals surface area contributed by atoms with E-state index in [1.165, 1.54) is 19.3 Å². The number of nitrogens with zero attached hydrogens (tertiary/aromatic N) is 2. The van der Waals surface area contributed by atoms with Crippen molar-refractivity contribution in [2.75, 3.05) is 32.7 Å². The van der Waals surface area contributed by atoms with Gasteiger partial charge < -0.3 is 20.2 Å². The van der Waals surface area contributed by atoms with Crippen molar-refractivity contribution in [2.24, 2.45) is 4.99 Å². The third-order valence-electron chi connectivity index (χ3n) is 5.20. The average molecular weight is 532 g/mol. The van der Waals surface area contributed by atoms with Crippen LogP contribution in [0.1, 0.15) is 50.5 Å². The Kier molecular flexibility index (Phi) is 9.94. The monoisotopic (exact) mass is 532 g/mol. The number of nitrogens with one attached hydrogen (secondary N) is 2. The van der Waals surface area contributed by atoms with Gasteiger partial charge in [0.15, 0.2) is 5.96 Å². The quantitative estimate of drug-likeness (QED) is 0.273. The highest BCUT2D eigenvalue weighted by Crippen LogP contribution is 2.25. The van der Waals surface area contributed by atoms with Gasteiger partial charge in [-0.3, -0.25) is 4.90 Å². The summed E-state index contributed by atoms with van der Waals surface area (Å²) >= 11 is 1.58. The minimum absolute atomic E-state index is 0. The van der Waals surface area contributed by atoms with Crippen molar-refractivity contribution >= 4 is 41.3 Å². The number of likely N-dealkylation sites (tertiary alicyclic amines) is 1. The van der Waals surface area contributed by atoms with E-state index in [1.807, 2.05) is 42.8 Å². The number of thiophene rings is 1. The summed E-state index contributed by atoms with van der Waals surface area (Å²) in [6.07, 6.45) is 5.50. The molecule has 0 radical (unpaired) electrons. The van der Waals surface area contributed by atoms with Gasteiger partial charge in [-0.25, -0.2) is 4.99 Å². The lowest BCUT2D eigenvalue weighted by molar-refractivity contribution is 0.0677. The van der Waals surface area contributed by atoms with E-state index in [1.54, 1.807) is 17.6 Å². The highest BCUT2D eigenvalue weighted by Gasteiger charge is 2.26. The van der Waals surface area contributed by atoms with Gasteiger partial charge in [0.2, 0.25) is 0 Å². The lowest BCUT2D eigenvalue weighted by Gasteiger charge is -2.33. The van der Waals surface area contributed by atoms with Crippen molar-refractivity contribution in [3.8, 4) is 0 Å². The molecule has 8 heteroatoms. The first-order valence-corrected chi connectivity index (χ1v) is 11.1. The molecular weight excluding hydrogens is 499 g/mol. The molecule has 2 atom stereocenters. The Morgan fingerprint density at radius 1 is 1.31 bits per heavy atom. The summed E-state index contributed by atoms with van der Waals surface area (Å²) in [6, 6.07) is 6.12. The van der Waals surface area contributed by atoms with Crippen molar-refractivity contribution in [3.63, 3.8) is 0 Å². The summed E-state index contributed by atoms with van der Waals surface area (Å²) in [5, 5.41) is 21.4. The zero-order valence-corrected chi connectivity index (χ0v) is 20.4. The molecule has 29 heavy (non-hydrogen) atoms. The third kappa shape index (κ3) is 6.97. The lowest BCUT2D eigenvalue weighted by Crippen LogP contribution is -2.45. The zero-order valence-electron chi connectivity index (χ0n) is 17.3. The zero-order chi connectivity index (χ0) is 19.8. The number of hydrogen-bond acceptors (Lipinski definition) is 5. The predicted octanol–water partition coefficient (Wildman–Crippen LogP) is 3.95. The van der Waals surface area contributed by atoms with Crippen LogP contribution in [0.4, 0.5) is 0 Å². The molecule has 0 spiro atoms. The van der Waals surface area contributed by atoms with Crippen LogP contribution in [-0.2, 0) is 5.60 Å². The van der Waals surface area contributed by atoms with E-state index in [4.69, 9.17) is 4.42 Å². The summed E-state index contributed by atoms with van der Waals surface area (Å²) in [7, 11) is 0. The van der Waals surface area contributed by atoms with Gasteiger partial charge in [0, 0.05) is 13.1 Å². The van der Waals surface area contributed by atoms with Gasteiger partial charge in [-0.1, -0.05) is 6.42 Å². The maximum atomic E-state index is 10.7. The largest absolute Gasteiger partial charge is 0.468 e. The maximum Gasteiger partial charge on any atom is 0.191 e. The SMILES string of the molecule is CCNC(=NCC(C)(O)c1ccsc1)NCC(c1ccco1)N1CCCCC1.I. The lowest BCUT2D eigenvalue weighted by atomic mass is 10.00. The first kappa shape index (κ1) is 24.2. The van der Waals surface area contributed by atoms with Gasteiger partial charge in [0.05, 0.1) is 18.8 Å². The molecule has 2 unspecified atom stereocenters. The fourth-order valence-corrected chi connectivity index (χ4v) is 4.33. The van der Waals surface area contributed by atoms with Crippen LogP contribution in [0, 0.1) is 0 Å². The summed E-state index contributed by atoms with van der Waals surface area (Å²) < 4.78 is 5.72. The first-order valence-electron chi connectivity index (χ1n) is 10.1. The summed E-state index contributed by atoms with van der Waals surface area (Å²) in [5.74, 6) is 1.70. The van der Waals surface area contributed by atoms with Crippen LogP contribution < -0.4 is 10.6 Å². The highest BCUT2D eigenvalue weighted by atomic mass is 127. The highest BCUT2D eigenvalue weighted by molar-refractivity contribution is 14.0. The molecule has 2 aromatic rings. The molecule has 1 fully saturated rings. The molecule has 0 aromatic carbocycles. The molecule has 2 aromatic heterocycles. The van der Waals surface area contributed by atoms with E-state index in [0.717, 1.165) is 31.0 Å². The second-order valence-electron chi connectivity index (χ2n) is 7.49. The molecule has 1 aliphatic heterocycles. The van der Waals surface area contributed by atoms with Crippen LogP contribution in [0.15, 0.2) is 44.6 Å². The van der Waals surface area contributed by atoms with Gasteiger partial charge >= 0.3 is 0 Å². The number of aliphatic imine (C=N–C) groups is 1. The van der Waals surface area contributed by atoms with E-state index in [0.29, 0.717) is 19.0 Å². The molecule has 0 saturated carbocycles. The Balaban J connectivity index is 0.00000300. The Hall–Kier alpha value is -1.10. The van der Waals surface area contributed by atoms with E-state index in [9.17, 15) is 5.11 Å². The molecule has 0 amide bonds. The van der Waals surface area contributed by atoms with Crippen LogP contribution in [0.3, 0.4) is 0 Å². The van der Waals surface area contributed by atoms with Crippen LogP contribution >= 0.6 is 35.3 Å². The van der Waals surface area contributed by atoms with Gasteiger partial charge in [0.25, 0.3) is 0 Å². The Morgan fingerprint density at radius 2 is 2.10 bits per heavy atom. The molecule has 0 bridgehead atoms. The molecule has 1 saturated heterocycles. The van der Waals surface area contributed by atoms with Crippen LogP contribution in [0.2, 0.25) is 0 Å². The standard InChI is InChI=1S/C21H32N4O2S.HI/c1-3-22-20(24-16-21(2,26)17-9-13-28-15-17)23-14-18(19-8-7-12-27-19)25-10-5-4-6-11-25;/h7-9,12-13,15,18,26H,3-6,10-11,14,16H2,1-2H3,(H2,22,23,24);1H. The number of guanidine groups is 1. The van der Waals surface area contributed by atoms with Gasteiger partial charge in [-0.05, 0) is 74.3 Å². The van der Waals surface area contributed by atoms with Gasteiger partial charge in [-0.15, -0.1) is 24.0 Å². The number of rotatable bonds is 8. The van der Waals surface area contributed by atoms with Crippen LogP contribution in [0.5, 0.6) is 0 Å². The molecule has 1 aliphatic rings. The van der Waals surface area contributed by atoms with Crippen LogP contribution in [-0.4, -0.2) is 48.7 Å². The van der Waals surface area contributed by atoms with Crippen molar-refractivity contribution in [1.82, 2.24) is 15.5 Å². The Morgan fingerprint density at radius 3 is 2.72 bits per heavy atom. The third-order valence-corrected chi connectivity index (χ3v) is 5.88. The molecule has 162 valence electrons. The molecule has 3 N–H and O–H groups in total.